The molecule has 0 aromatic heterocycles. The minimum Gasteiger partial charge on any atom is -0.481 e. The van der Waals surface area contributed by atoms with Gasteiger partial charge in [-0.05, 0) is 17.9 Å². The van der Waals surface area contributed by atoms with E-state index in [0.29, 0.717) is 6.42 Å². The van der Waals surface area contributed by atoms with Crippen molar-refractivity contribution in [1.29, 1.82) is 0 Å². The molecule has 0 heterocycles. The van der Waals surface area contributed by atoms with Crippen LogP contribution < -0.4 is 0 Å². The molecule has 0 aliphatic rings. The van der Waals surface area contributed by atoms with Gasteiger partial charge in [0.25, 0.3) is 0 Å². The summed E-state index contributed by atoms with van der Waals surface area (Å²) in [5, 5.41) is 8.50. The second-order valence-electron chi connectivity index (χ2n) is 4.54. The van der Waals surface area contributed by atoms with Crippen molar-refractivity contribution in [1.82, 2.24) is 0 Å². The number of carboxylic acids is 1. The fourth-order valence-corrected chi connectivity index (χ4v) is 3.28. The van der Waals surface area contributed by atoms with Crippen LogP contribution in [0.15, 0.2) is 30.3 Å². The maximum absolute atomic E-state index is 11.7. The highest BCUT2D eigenvalue weighted by Gasteiger charge is 2.20. The molecule has 0 spiro atoms. The molecule has 4 nitrogen and oxygen atoms in total. The normalized spacial score (nSPS) is 15.9. The molecule has 1 rings (SSSR count). The Morgan fingerprint density at radius 1 is 1.28 bits per heavy atom. The average molecular weight is 270 g/mol. The molecule has 5 heteroatoms. The lowest BCUT2D eigenvalue weighted by Crippen LogP contribution is -2.04. The van der Waals surface area contributed by atoms with Gasteiger partial charge < -0.3 is 10.00 Å². The summed E-state index contributed by atoms with van der Waals surface area (Å²) in [7, 11) is -3.30. The Bertz CT molecular complexity index is 430. The first-order chi connectivity index (χ1) is 8.41. The van der Waals surface area contributed by atoms with Gasteiger partial charge in [0, 0.05) is 12.3 Å². The van der Waals surface area contributed by atoms with Gasteiger partial charge in [-0.2, -0.15) is 0 Å². The van der Waals surface area contributed by atoms with Crippen LogP contribution >= 0.6 is 7.37 Å². The minimum atomic E-state index is -3.30. The van der Waals surface area contributed by atoms with Crippen molar-refractivity contribution in [3.8, 4) is 0 Å². The summed E-state index contributed by atoms with van der Waals surface area (Å²) in [6.07, 6.45) is 0.394. The van der Waals surface area contributed by atoms with Crippen LogP contribution in [0.25, 0.3) is 0 Å². The van der Waals surface area contributed by atoms with Gasteiger partial charge in [-0.1, -0.05) is 37.3 Å². The Kier molecular flexibility index (Phi) is 5.57. The molecule has 0 aliphatic heterocycles. The number of rotatable bonds is 7. The van der Waals surface area contributed by atoms with E-state index in [1.807, 2.05) is 37.3 Å². The van der Waals surface area contributed by atoms with Crippen molar-refractivity contribution >= 4 is 13.3 Å². The highest BCUT2D eigenvalue weighted by molar-refractivity contribution is 7.58. The Labute approximate surface area is 107 Å². The number of aliphatic carboxylic acids is 1. The van der Waals surface area contributed by atoms with E-state index in [2.05, 4.69) is 0 Å². The first kappa shape index (κ1) is 14.9. The third-order valence-corrected chi connectivity index (χ3v) is 4.83. The molecule has 0 radical (unpaired) electrons. The van der Waals surface area contributed by atoms with Gasteiger partial charge in [-0.3, -0.25) is 9.36 Å². The predicted molar refractivity (Wildman–Crippen MR) is 71.3 cm³/mol. The molecule has 2 N–H and O–H groups in total. The van der Waals surface area contributed by atoms with E-state index in [1.165, 1.54) is 0 Å². The first-order valence-corrected chi connectivity index (χ1v) is 8.01. The van der Waals surface area contributed by atoms with Crippen LogP contribution in [0.2, 0.25) is 0 Å². The minimum absolute atomic E-state index is 0.135. The molecule has 0 bridgehead atoms. The van der Waals surface area contributed by atoms with E-state index in [9.17, 15) is 14.3 Å². The fourth-order valence-electron chi connectivity index (χ4n) is 1.73. The number of carbonyl (C=O) groups is 1. The van der Waals surface area contributed by atoms with Crippen LogP contribution in [0.3, 0.4) is 0 Å². The maximum Gasteiger partial charge on any atom is 0.303 e. The molecule has 2 atom stereocenters. The molecule has 0 saturated carbocycles. The van der Waals surface area contributed by atoms with E-state index in [1.54, 1.807) is 0 Å². The van der Waals surface area contributed by atoms with Crippen molar-refractivity contribution < 1.29 is 19.4 Å². The van der Waals surface area contributed by atoms with E-state index in [4.69, 9.17) is 5.11 Å². The molecule has 0 saturated heterocycles. The van der Waals surface area contributed by atoms with Crippen molar-refractivity contribution in [2.24, 2.45) is 0 Å². The predicted octanol–water partition coefficient (Wildman–Crippen LogP) is 2.93. The zero-order valence-electron chi connectivity index (χ0n) is 10.5. The highest BCUT2D eigenvalue weighted by Crippen LogP contribution is 2.43. The lowest BCUT2D eigenvalue weighted by molar-refractivity contribution is -0.136. The molecule has 1 aromatic rings. The summed E-state index contributed by atoms with van der Waals surface area (Å²) in [6, 6.07) is 9.79. The van der Waals surface area contributed by atoms with E-state index in [-0.39, 0.29) is 24.7 Å². The topological polar surface area (TPSA) is 74.6 Å². The molecule has 1 aromatic carbocycles. The molecule has 0 fully saturated rings. The van der Waals surface area contributed by atoms with Crippen LogP contribution in [-0.2, 0) is 9.36 Å². The summed E-state index contributed by atoms with van der Waals surface area (Å²) in [5.74, 6) is -0.822. The number of carboxylic acid groups (broad SMARTS) is 1. The molecular formula is C13H19O4P. The molecule has 18 heavy (non-hydrogen) atoms. The van der Waals surface area contributed by atoms with Crippen LogP contribution in [0.1, 0.15) is 31.2 Å². The summed E-state index contributed by atoms with van der Waals surface area (Å²) < 4.78 is 11.7. The average Bonchev–Trinajstić information content (AvgIpc) is 2.35. The van der Waals surface area contributed by atoms with Gasteiger partial charge in [0.15, 0.2) is 0 Å². The van der Waals surface area contributed by atoms with Gasteiger partial charge >= 0.3 is 5.97 Å². The molecule has 0 aliphatic carbocycles. The third kappa shape index (κ3) is 5.48. The van der Waals surface area contributed by atoms with Gasteiger partial charge in [-0.25, -0.2) is 0 Å². The highest BCUT2D eigenvalue weighted by atomic mass is 31.2. The number of hydrogen-bond donors (Lipinski definition) is 2. The second kappa shape index (κ2) is 6.72. The van der Waals surface area contributed by atoms with E-state index < -0.39 is 13.3 Å². The van der Waals surface area contributed by atoms with E-state index >= 15 is 0 Å². The summed E-state index contributed by atoms with van der Waals surface area (Å²) in [4.78, 5) is 20.0. The van der Waals surface area contributed by atoms with Crippen molar-refractivity contribution in [3.05, 3.63) is 35.9 Å². The number of benzene rings is 1. The Morgan fingerprint density at radius 2 is 1.89 bits per heavy atom. The van der Waals surface area contributed by atoms with Crippen LogP contribution in [0, 0.1) is 0 Å². The van der Waals surface area contributed by atoms with Crippen LogP contribution in [0.4, 0.5) is 0 Å². The lowest BCUT2D eigenvalue weighted by atomic mass is 9.99. The van der Waals surface area contributed by atoms with Crippen molar-refractivity contribution in [2.75, 3.05) is 12.3 Å². The van der Waals surface area contributed by atoms with Crippen molar-refractivity contribution in [3.63, 3.8) is 0 Å². The summed E-state index contributed by atoms with van der Waals surface area (Å²) >= 11 is 0. The summed E-state index contributed by atoms with van der Waals surface area (Å²) in [6.45, 7) is 2.01. The maximum atomic E-state index is 11.7. The van der Waals surface area contributed by atoms with Crippen LogP contribution in [-0.4, -0.2) is 28.3 Å². The zero-order valence-corrected chi connectivity index (χ0v) is 11.3. The lowest BCUT2D eigenvalue weighted by Gasteiger charge is -2.15. The molecule has 0 amide bonds. The van der Waals surface area contributed by atoms with Crippen LogP contribution in [0.5, 0.6) is 0 Å². The fraction of sp³-hybridized carbons (Fsp3) is 0.462. The Hall–Kier alpha value is -1.12. The molecule has 100 valence electrons. The largest absolute Gasteiger partial charge is 0.481 e. The van der Waals surface area contributed by atoms with Crippen molar-refractivity contribution in [2.45, 2.75) is 25.7 Å². The Morgan fingerprint density at radius 3 is 2.44 bits per heavy atom. The SMILES string of the molecule is CC(CCP(=O)(O)CCC(=O)O)c1ccccc1. The second-order valence-corrected chi connectivity index (χ2v) is 7.12. The molecular weight excluding hydrogens is 251 g/mol. The van der Waals surface area contributed by atoms with Gasteiger partial charge in [-0.15, -0.1) is 0 Å². The zero-order chi connectivity index (χ0) is 13.6. The Balaban J connectivity index is 2.44. The smallest absolute Gasteiger partial charge is 0.303 e. The first-order valence-electron chi connectivity index (χ1n) is 5.98. The number of hydrogen-bond acceptors (Lipinski definition) is 2. The molecule has 2 unspecified atom stereocenters. The monoisotopic (exact) mass is 270 g/mol. The van der Waals surface area contributed by atoms with Gasteiger partial charge in [0.1, 0.15) is 0 Å². The quantitative estimate of drug-likeness (QED) is 0.747. The summed E-state index contributed by atoms with van der Waals surface area (Å²) in [5.41, 5.74) is 1.13. The third-order valence-electron chi connectivity index (χ3n) is 2.96. The van der Waals surface area contributed by atoms with E-state index in [0.717, 1.165) is 5.56 Å². The standard InChI is InChI=1S/C13H19O4P/c1-11(12-5-3-2-4-6-12)7-9-18(16,17)10-8-13(14)15/h2-6,11H,7-10H2,1H3,(H,14,15)(H,16,17). The van der Waals surface area contributed by atoms with Gasteiger partial charge in [0.2, 0.25) is 7.37 Å². The van der Waals surface area contributed by atoms with Gasteiger partial charge in [0.05, 0.1) is 6.42 Å².